The van der Waals surface area contributed by atoms with Crippen molar-refractivity contribution in [3.8, 4) is 23.0 Å². The number of amides is 1. The molecule has 1 saturated heterocycles. The summed E-state index contributed by atoms with van der Waals surface area (Å²) in [7, 11) is 0. The summed E-state index contributed by atoms with van der Waals surface area (Å²) in [6.07, 6.45) is -1.56. The number of ether oxygens (including phenoxy) is 1. The highest BCUT2D eigenvalue weighted by Crippen LogP contribution is 2.40. The van der Waals surface area contributed by atoms with E-state index < -0.39 is 35.2 Å². The number of nitrogens with zero attached hydrogens (tertiary/aromatic N) is 7. The molecule has 2 aromatic carbocycles. The van der Waals surface area contributed by atoms with Crippen LogP contribution in [0.3, 0.4) is 0 Å². The molecule has 6 aromatic rings. The monoisotopic (exact) mass is 693 g/mol. The lowest BCUT2D eigenvalue weighted by molar-refractivity contribution is -0.142. The molecule has 7 rings (SSSR count). The first kappa shape index (κ1) is 33.7. The van der Waals surface area contributed by atoms with Gasteiger partial charge < -0.3 is 14.2 Å². The minimum Gasteiger partial charge on any atom is -0.444 e. The summed E-state index contributed by atoms with van der Waals surface area (Å²) in [5.41, 5.74) is -0.822. The number of aryl methyl sites for hydroxylation is 1. The molecule has 0 N–H and O–H groups in total. The zero-order valence-corrected chi connectivity index (χ0v) is 28.4. The molecule has 1 fully saturated rings. The van der Waals surface area contributed by atoms with Gasteiger partial charge in [0.2, 0.25) is 0 Å². The van der Waals surface area contributed by atoms with E-state index in [0.717, 1.165) is 6.07 Å². The lowest BCUT2D eigenvalue weighted by Gasteiger charge is -2.39. The number of halogens is 3. The number of likely N-dealkylation sites (tertiary alicyclic amines) is 1. The van der Waals surface area contributed by atoms with Crippen molar-refractivity contribution >= 4 is 38.8 Å². The maximum atomic E-state index is 15.1. The minimum absolute atomic E-state index is 0.00647. The second-order valence-electron chi connectivity index (χ2n) is 13.7. The number of rotatable bonds is 4. The molecule has 10 nitrogen and oxygen atoms in total. The Morgan fingerprint density at radius 1 is 1.02 bits per heavy atom. The van der Waals surface area contributed by atoms with E-state index in [1.54, 1.807) is 98.2 Å². The number of piperidine rings is 1. The van der Waals surface area contributed by atoms with Gasteiger partial charge in [0.15, 0.2) is 0 Å². The van der Waals surface area contributed by atoms with Crippen molar-refractivity contribution in [3.05, 3.63) is 94.9 Å². The second kappa shape index (κ2) is 12.5. The third kappa shape index (κ3) is 6.05. The Hall–Kier alpha value is -5.77. The van der Waals surface area contributed by atoms with Gasteiger partial charge in [-0.25, -0.2) is 14.8 Å². The SMILES string of the molecule is Cc1ncccc1-c1nc2c(=O)n(-c3cccc4ccccc34)c(C(F)(F)F)cc2c2c1ncn2[C@H]1CCN(C(=O)OC(C)(C)C)[C@H](CC#N)C1. The summed E-state index contributed by atoms with van der Waals surface area (Å²) in [6.45, 7) is 7.31. The molecule has 0 saturated carbocycles. The maximum Gasteiger partial charge on any atom is 0.431 e. The predicted octanol–water partition coefficient (Wildman–Crippen LogP) is 8.13. The molecule has 0 spiro atoms. The molecule has 1 amide bonds. The third-order valence-electron chi connectivity index (χ3n) is 9.28. The van der Waals surface area contributed by atoms with E-state index in [1.165, 1.54) is 6.07 Å². The van der Waals surface area contributed by atoms with Gasteiger partial charge in [-0.15, -0.1) is 0 Å². The highest BCUT2D eigenvalue weighted by Gasteiger charge is 2.39. The first-order valence-electron chi connectivity index (χ1n) is 16.6. The van der Waals surface area contributed by atoms with Gasteiger partial charge in [0.05, 0.1) is 30.0 Å². The fourth-order valence-electron chi connectivity index (χ4n) is 7.05. The first-order chi connectivity index (χ1) is 24.3. The van der Waals surface area contributed by atoms with Gasteiger partial charge in [0, 0.05) is 46.9 Å². The number of imidazole rings is 1. The maximum absolute atomic E-state index is 15.1. The molecule has 5 heterocycles. The molecule has 1 aliphatic heterocycles. The van der Waals surface area contributed by atoms with E-state index in [4.69, 9.17) is 14.7 Å². The summed E-state index contributed by atoms with van der Waals surface area (Å²) >= 11 is 0. The van der Waals surface area contributed by atoms with Crippen molar-refractivity contribution < 1.29 is 22.7 Å². The normalized spacial score (nSPS) is 16.9. The summed E-state index contributed by atoms with van der Waals surface area (Å²) in [5.74, 6) is 0. The topological polar surface area (TPSA) is 119 Å². The second-order valence-corrected chi connectivity index (χ2v) is 13.7. The Balaban J connectivity index is 1.50. The van der Waals surface area contributed by atoms with Crippen molar-refractivity contribution in [2.45, 2.75) is 70.8 Å². The average Bonchev–Trinajstić information content (AvgIpc) is 3.53. The Morgan fingerprint density at radius 3 is 2.51 bits per heavy atom. The highest BCUT2D eigenvalue weighted by molar-refractivity contribution is 6.08. The number of hydrogen-bond donors (Lipinski definition) is 0. The molecular formula is C38H34F3N7O3. The molecular weight excluding hydrogens is 659 g/mol. The highest BCUT2D eigenvalue weighted by atomic mass is 19.4. The Morgan fingerprint density at radius 2 is 1.78 bits per heavy atom. The van der Waals surface area contributed by atoms with E-state index in [9.17, 15) is 14.9 Å². The van der Waals surface area contributed by atoms with Gasteiger partial charge in [-0.3, -0.25) is 14.3 Å². The number of carbonyl (C=O) groups excluding carboxylic acids is 1. The van der Waals surface area contributed by atoms with E-state index in [0.29, 0.717) is 56.2 Å². The molecule has 0 aliphatic carbocycles. The minimum atomic E-state index is -4.92. The lowest BCUT2D eigenvalue weighted by atomic mass is 9.95. The van der Waals surface area contributed by atoms with Gasteiger partial charge >= 0.3 is 12.3 Å². The predicted molar refractivity (Wildman–Crippen MR) is 186 cm³/mol. The quantitative estimate of drug-likeness (QED) is 0.183. The van der Waals surface area contributed by atoms with Crippen LogP contribution >= 0.6 is 0 Å². The first-order valence-corrected chi connectivity index (χ1v) is 16.6. The zero-order valence-electron chi connectivity index (χ0n) is 28.4. The van der Waals surface area contributed by atoms with E-state index in [2.05, 4.69) is 11.1 Å². The van der Waals surface area contributed by atoms with Crippen LogP contribution in [0.4, 0.5) is 18.0 Å². The van der Waals surface area contributed by atoms with Gasteiger partial charge in [0.25, 0.3) is 5.56 Å². The van der Waals surface area contributed by atoms with Crippen LogP contribution in [0.2, 0.25) is 0 Å². The van der Waals surface area contributed by atoms with Crippen LogP contribution in [0.5, 0.6) is 0 Å². The zero-order chi connectivity index (χ0) is 36.2. The molecule has 260 valence electrons. The van der Waals surface area contributed by atoms with E-state index in [-0.39, 0.29) is 35.6 Å². The number of carbonyl (C=O) groups is 1. The Labute approximate surface area is 290 Å². The van der Waals surface area contributed by atoms with Crippen molar-refractivity contribution in [3.63, 3.8) is 0 Å². The number of alkyl halides is 3. The van der Waals surface area contributed by atoms with Crippen molar-refractivity contribution in [2.75, 3.05) is 6.54 Å². The van der Waals surface area contributed by atoms with Crippen LogP contribution in [-0.2, 0) is 10.9 Å². The van der Waals surface area contributed by atoms with Crippen molar-refractivity contribution in [1.29, 1.82) is 5.26 Å². The van der Waals surface area contributed by atoms with Crippen LogP contribution < -0.4 is 5.56 Å². The fourth-order valence-corrected chi connectivity index (χ4v) is 7.05. The van der Waals surface area contributed by atoms with Gasteiger partial charge in [0.1, 0.15) is 28.0 Å². The summed E-state index contributed by atoms with van der Waals surface area (Å²) in [4.78, 5) is 43.1. The van der Waals surface area contributed by atoms with Crippen molar-refractivity contribution in [2.24, 2.45) is 0 Å². The number of aromatic nitrogens is 5. The molecule has 1 aliphatic rings. The lowest BCUT2D eigenvalue weighted by Crippen LogP contribution is -2.48. The summed E-state index contributed by atoms with van der Waals surface area (Å²) in [5, 5.41) is 10.8. The average molecular weight is 694 g/mol. The number of pyridine rings is 3. The van der Waals surface area contributed by atoms with E-state index >= 15 is 13.2 Å². The molecule has 0 radical (unpaired) electrons. The number of nitriles is 1. The molecule has 2 atom stereocenters. The van der Waals surface area contributed by atoms with Crippen LogP contribution in [0.15, 0.2) is 78.0 Å². The molecule has 0 unspecified atom stereocenters. The number of hydrogen-bond acceptors (Lipinski definition) is 7. The Kier molecular flexibility index (Phi) is 8.28. The third-order valence-corrected chi connectivity index (χ3v) is 9.28. The molecule has 13 heteroatoms. The number of fused-ring (bicyclic) bond motifs is 4. The van der Waals surface area contributed by atoms with Crippen LogP contribution in [0.1, 0.15) is 57.5 Å². The summed E-state index contributed by atoms with van der Waals surface area (Å²) < 4.78 is 53.4. The van der Waals surface area contributed by atoms with Crippen LogP contribution in [0.25, 0.3) is 49.7 Å². The number of benzene rings is 2. The fraction of sp³-hybridized carbons (Fsp3) is 0.316. The summed E-state index contributed by atoms with van der Waals surface area (Å²) in [6, 6.07) is 17.6. The smallest absolute Gasteiger partial charge is 0.431 e. The van der Waals surface area contributed by atoms with Crippen LogP contribution in [-0.4, -0.2) is 53.3 Å². The van der Waals surface area contributed by atoms with Gasteiger partial charge in [-0.1, -0.05) is 36.4 Å². The van der Waals surface area contributed by atoms with E-state index in [1.807, 2.05) is 0 Å². The molecule has 4 aromatic heterocycles. The standard InChI is InChI=1S/C38H34F3N7O3/c1-22-26(12-8-17-43-22)31-33-34(47(21-44-33)25-15-18-46(24(19-25)14-16-42)36(50)51-37(2,3)4)28-20-30(38(39,40)41)48(35(49)32(28)45-31)29-13-7-10-23-9-5-6-11-27(23)29/h5-13,17,20-21,24-25H,14-15,18-19H2,1-4H3/t24-,25+/m1/s1. The largest absolute Gasteiger partial charge is 0.444 e. The molecule has 51 heavy (non-hydrogen) atoms. The van der Waals surface area contributed by atoms with Gasteiger partial charge in [-0.2, -0.15) is 18.4 Å². The van der Waals surface area contributed by atoms with Gasteiger partial charge in [-0.05, 0) is 70.2 Å². The van der Waals surface area contributed by atoms with Crippen molar-refractivity contribution in [1.82, 2.24) is 29.0 Å². The molecule has 0 bridgehead atoms. The van der Waals surface area contributed by atoms with Crippen LogP contribution in [0, 0.1) is 18.3 Å². The Bertz CT molecular complexity index is 2430.